The number of halogens is 1. The summed E-state index contributed by atoms with van der Waals surface area (Å²) in [5.41, 5.74) is 1.70. The Bertz CT molecular complexity index is 632. The van der Waals surface area contributed by atoms with Gasteiger partial charge in [-0.05, 0) is 23.8 Å². The molecule has 0 saturated carbocycles. The lowest BCUT2D eigenvalue weighted by Crippen LogP contribution is -2.01. The summed E-state index contributed by atoms with van der Waals surface area (Å²) in [4.78, 5) is 10.5. The predicted octanol–water partition coefficient (Wildman–Crippen LogP) is 3.98. The molecular weight excluding hydrogens is 324 g/mol. The molecule has 104 valence electrons. The van der Waals surface area contributed by atoms with Gasteiger partial charge in [-0.3, -0.25) is 10.1 Å². The number of benzene rings is 2. The molecule has 0 amide bonds. The molecule has 0 fully saturated rings. The van der Waals surface area contributed by atoms with E-state index in [2.05, 4.69) is 21.2 Å². The molecule has 0 radical (unpaired) electrons. The first-order valence-corrected chi connectivity index (χ1v) is 6.71. The zero-order valence-corrected chi connectivity index (χ0v) is 12.4. The first-order chi connectivity index (χ1) is 9.61. The number of nitro benzene ring substituents is 1. The van der Waals surface area contributed by atoms with Crippen molar-refractivity contribution >= 4 is 27.3 Å². The molecule has 2 rings (SSSR count). The Labute approximate surface area is 124 Å². The molecule has 0 aliphatic rings. The zero-order chi connectivity index (χ0) is 14.5. The van der Waals surface area contributed by atoms with E-state index < -0.39 is 4.92 Å². The van der Waals surface area contributed by atoms with Crippen molar-refractivity contribution in [1.82, 2.24) is 0 Å². The first kappa shape index (κ1) is 14.3. The maximum absolute atomic E-state index is 11.0. The molecule has 2 aromatic rings. The van der Waals surface area contributed by atoms with Gasteiger partial charge in [-0.1, -0.05) is 34.1 Å². The normalized spacial score (nSPS) is 10.1. The molecule has 2 aromatic carbocycles. The molecule has 1 N–H and O–H groups in total. The third-order valence-electron chi connectivity index (χ3n) is 2.82. The summed E-state index contributed by atoms with van der Waals surface area (Å²) in [5, 5.41) is 14.1. The van der Waals surface area contributed by atoms with Gasteiger partial charge in [0, 0.05) is 22.8 Å². The highest BCUT2D eigenvalue weighted by Crippen LogP contribution is 2.30. The van der Waals surface area contributed by atoms with Crippen molar-refractivity contribution in [2.24, 2.45) is 0 Å². The van der Waals surface area contributed by atoms with Crippen LogP contribution in [0.5, 0.6) is 5.75 Å². The Kier molecular flexibility index (Phi) is 4.57. The Hall–Kier alpha value is -2.08. The number of ether oxygens (including phenoxy) is 1. The van der Waals surface area contributed by atoms with Crippen LogP contribution < -0.4 is 10.1 Å². The zero-order valence-electron chi connectivity index (χ0n) is 10.8. The van der Waals surface area contributed by atoms with E-state index in [1.54, 1.807) is 12.1 Å². The fraction of sp³-hybridized carbons (Fsp3) is 0.143. The minimum absolute atomic E-state index is 0.0513. The van der Waals surface area contributed by atoms with E-state index in [4.69, 9.17) is 4.74 Å². The SMILES string of the molecule is COc1ccc(NCc2ccccc2Br)cc1[N+](=O)[O-]. The Morgan fingerprint density at radius 3 is 2.70 bits per heavy atom. The highest BCUT2D eigenvalue weighted by molar-refractivity contribution is 9.10. The van der Waals surface area contributed by atoms with Crippen LogP contribution in [-0.2, 0) is 6.54 Å². The fourth-order valence-corrected chi connectivity index (χ4v) is 2.21. The van der Waals surface area contributed by atoms with E-state index in [0.717, 1.165) is 10.0 Å². The average molecular weight is 337 g/mol. The van der Waals surface area contributed by atoms with Crippen LogP contribution in [-0.4, -0.2) is 12.0 Å². The second-order valence-corrected chi connectivity index (χ2v) is 4.94. The number of hydrogen-bond acceptors (Lipinski definition) is 4. The molecule has 0 aromatic heterocycles. The minimum Gasteiger partial charge on any atom is -0.490 e. The van der Waals surface area contributed by atoms with Gasteiger partial charge in [-0.2, -0.15) is 0 Å². The molecule has 0 spiro atoms. The number of nitrogens with zero attached hydrogens (tertiary/aromatic N) is 1. The Morgan fingerprint density at radius 2 is 2.05 bits per heavy atom. The largest absolute Gasteiger partial charge is 0.490 e. The molecule has 0 atom stereocenters. The van der Waals surface area contributed by atoms with Crippen molar-refractivity contribution in [2.75, 3.05) is 12.4 Å². The summed E-state index contributed by atoms with van der Waals surface area (Å²) in [6.07, 6.45) is 0. The Balaban J connectivity index is 2.16. The number of nitrogens with one attached hydrogen (secondary N) is 1. The van der Waals surface area contributed by atoms with Crippen molar-refractivity contribution in [3.05, 3.63) is 62.6 Å². The van der Waals surface area contributed by atoms with E-state index in [9.17, 15) is 10.1 Å². The number of rotatable bonds is 5. The second kappa shape index (κ2) is 6.38. The molecule has 0 aliphatic heterocycles. The van der Waals surface area contributed by atoms with Gasteiger partial charge < -0.3 is 10.1 Å². The lowest BCUT2D eigenvalue weighted by molar-refractivity contribution is -0.385. The number of nitro groups is 1. The van der Waals surface area contributed by atoms with Crippen LogP contribution in [0.3, 0.4) is 0 Å². The monoisotopic (exact) mass is 336 g/mol. The third-order valence-corrected chi connectivity index (χ3v) is 3.59. The van der Waals surface area contributed by atoms with Crippen LogP contribution in [0.1, 0.15) is 5.56 Å². The topological polar surface area (TPSA) is 64.4 Å². The van der Waals surface area contributed by atoms with Crippen LogP contribution in [0.4, 0.5) is 11.4 Å². The number of hydrogen-bond donors (Lipinski definition) is 1. The molecule has 0 unspecified atom stereocenters. The maximum atomic E-state index is 11.0. The van der Waals surface area contributed by atoms with Crippen LogP contribution in [0.25, 0.3) is 0 Å². The van der Waals surface area contributed by atoms with E-state index >= 15 is 0 Å². The third kappa shape index (κ3) is 3.27. The quantitative estimate of drug-likeness (QED) is 0.662. The van der Waals surface area contributed by atoms with Crippen molar-refractivity contribution in [1.29, 1.82) is 0 Å². The summed E-state index contributed by atoms with van der Waals surface area (Å²) >= 11 is 3.46. The van der Waals surface area contributed by atoms with Crippen molar-refractivity contribution in [2.45, 2.75) is 6.54 Å². The second-order valence-electron chi connectivity index (χ2n) is 4.09. The summed E-state index contributed by atoms with van der Waals surface area (Å²) in [6, 6.07) is 12.6. The molecule has 6 heteroatoms. The van der Waals surface area contributed by atoms with Crippen molar-refractivity contribution < 1.29 is 9.66 Å². The van der Waals surface area contributed by atoms with E-state index in [0.29, 0.717) is 12.2 Å². The first-order valence-electron chi connectivity index (χ1n) is 5.91. The molecular formula is C14H13BrN2O3. The van der Waals surface area contributed by atoms with E-state index in [1.165, 1.54) is 13.2 Å². The summed E-state index contributed by atoms with van der Waals surface area (Å²) in [6.45, 7) is 0.574. The lowest BCUT2D eigenvalue weighted by Gasteiger charge is -2.09. The molecule has 0 saturated heterocycles. The lowest BCUT2D eigenvalue weighted by atomic mass is 10.2. The average Bonchev–Trinajstić information content (AvgIpc) is 2.46. The smallest absolute Gasteiger partial charge is 0.312 e. The molecule has 0 bridgehead atoms. The van der Waals surface area contributed by atoms with Crippen LogP contribution in [0, 0.1) is 10.1 Å². The standard InChI is InChI=1S/C14H13BrN2O3/c1-20-14-7-6-11(8-13(14)17(18)19)16-9-10-4-2-3-5-12(10)15/h2-8,16H,9H2,1H3. The van der Waals surface area contributed by atoms with Gasteiger partial charge in [0.05, 0.1) is 12.0 Å². The van der Waals surface area contributed by atoms with Gasteiger partial charge in [0.1, 0.15) is 0 Å². The van der Waals surface area contributed by atoms with Gasteiger partial charge >= 0.3 is 5.69 Å². The van der Waals surface area contributed by atoms with Crippen molar-refractivity contribution in [3.63, 3.8) is 0 Å². The maximum Gasteiger partial charge on any atom is 0.312 e. The highest BCUT2D eigenvalue weighted by atomic mass is 79.9. The molecule has 5 nitrogen and oxygen atoms in total. The fourth-order valence-electron chi connectivity index (χ4n) is 1.78. The van der Waals surface area contributed by atoms with E-state index in [-0.39, 0.29) is 11.4 Å². The van der Waals surface area contributed by atoms with E-state index in [1.807, 2.05) is 24.3 Å². The summed E-state index contributed by atoms with van der Waals surface area (Å²) in [5.74, 6) is 0.251. The summed E-state index contributed by atoms with van der Waals surface area (Å²) < 4.78 is 5.96. The van der Waals surface area contributed by atoms with Gasteiger partial charge in [-0.15, -0.1) is 0 Å². The van der Waals surface area contributed by atoms with Gasteiger partial charge in [0.15, 0.2) is 5.75 Å². The van der Waals surface area contributed by atoms with Crippen LogP contribution in [0.2, 0.25) is 0 Å². The van der Waals surface area contributed by atoms with Crippen LogP contribution >= 0.6 is 15.9 Å². The summed E-state index contributed by atoms with van der Waals surface area (Å²) in [7, 11) is 1.41. The molecule has 0 heterocycles. The van der Waals surface area contributed by atoms with Gasteiger partial charge in [0.25, 0.3) is 0 Å². The number of anilines is 1. The molecule has 0 aliphatic carbocycles. The van der Waals surface area contributed by atoms with Gasteiger partial charge in [0.2, 0.25) is 0 Å². The predicted molar refractivity (Wildman–Crippen MR) is 81.1 cm³/mol. The van der Waals surface area contributed by atoms with Crippen molar-refractivity contribution in [3.8, 4) is 5.75 Å². The van der Waals surface area contributed by atoms with Crippen LogP contribution in [0.15, 0.2) is 46.9 Å². The molecule has 20 heavy (non-hydrogen) atoms. The van der Waals surface area contributed by atoms with Gasteiger partial charge in [-0.25, -0.2) is 0 Å². The highest BCUT2D eigenvalue weighted by Gasteiger charge is 2.15. The minimum atomic E-state index is -0.456. The Morgan fingerprint density at radius 1 is 1.30 bits per heavy atom. The number of methoxy groups -OCH3 is 1.